The summed E-state index contributed by atoms with van der Waals surface area (Å²) in [6, 6.07) is 4.17. The van der Waals surface area contributed by atoms with E-state index in [2.05, 4.69) is 19.8 Å². The molecule has 170 valence electrons. The molecule has 3 N–H and O–H groups in total. The third-order valence-electron chi connectivity index (χ3n) is 5.61. The van der Waals surface area contributed by atoms with Gasteiger partial charge in [-0.3, -0.25) is 4.68 Å². The van der Waals surface area contributed by atoms with Gasteiger partial charge in [0.05, 0.1) is 23.0 Å². The average Bonchev–Trinajstić information content (AvgIpc) is 3.16. The molecule has 1 aromatic carbocycles. The van der Waals surface area contributed by atoms with Crippen molar-refractivity contribution in [3.8, 4) is 22.5 Å². The molecule has 0 aliphatic heterocycles. The topological polar surface area (TPSA) is 116 Å². The predicted molar refractivity (Wildman–Crippen MR) is 116 cm³/mol. The maximum absolute atomic E-state index is 13.4. The predicted octanol–water partition coefficient (Wildman–Crippen LogP) is 3.29. The molecule has 0 bridgehead atoms. The molecule has 2 aromatic heterocycles. The molecule has 11 heteroatoms. The van der Waals surface area contributed by atoms with Gasteiger partial charge in [0.2, 0.25) is 15.9 Å². The van der Waals surface area contributed by atoms with Crippen LogP contribution in [0.2, 0.25) is 0 Å². The number of alkyl halides is 2. The second-order valence-electron chi connectivity index (χ2n) is 8.12. The Morgan fingerprint density at radius 1 is 1.22 bits per heavy atom. The van der Waals surface area contributed by atoms with Gasteiger partial charge < -0.3 is 5.73 Å². The molecular formula is C21H24F2N6O2S. The highest BCUT2D eigenvalue weighted by atomic mass is 32.2. The molecule has 2 heterocycles. The smallest absolute Gasteiger partial charge is 0.248 e. The summed E-state index contributed by atoms with van der Waals surface area (Å²) in [5, 5.41) is 4.12. The third kappa shape index (κ3) is 4.63. The summed E-state index contributed by atoms with van der Waals surface area (Å²) in [6.45, 7) is 1.84. The maximum Gasteiger partial charge on any atom is 0.248 e. The highest BCUT2D eigenvalue weighted by Crippen LogP contribution is 2.34. The third-order valence-corrected chi connectivity index (χ3v) is 7.13. The molecule has 0 radical (unpaired) electrons. The molecule has 1 aliphatic carbocycles. The van der Waals surface area contributed by atoms with E-state index in [1.165, 1.54) is 18.3 Å². The number of hydrogen-bond donors (Lipinski definition) is 2. The van der Waals surface area contributed by atoms with Gasteiger partial charge in [-0.05, 0) is 37.5 Å². The molecule has 1 saturated carbocycles. The number of nitrogen functional groups attached to an aromatic ring is 1. The lowest BCUT2D eigenvalue weighted by Gasteiger charge is -2.28. The molecule has 0 atom stereocenters. The van der Waals surface area contributed by atoms with Gasteiger partial charge in [-0.25, -0.2) is 31.9 Å². The van der Waals surface area contributed by atoms with Crippen molar-refractivity contribution < 1.29 is 17.2 Å². The molecule has 1 fully saturated rings. The largest absolute Gasteiger partial charge is 0.382 e. The van der Waals surface area contributed by atoms with Crippen LogP contribution < -0.4 is 10.5 Å². The Hall–Kier alpha value is -2.92. The van der Waals surface area contributed by atoms with Crippen LogP contribution in [0.3, 0.4) is 0 Å². The molecule has 1 aliphatic rings. The van der Waals surface area contributed by atoms with Crippen LogP contribution in [0.5, 0.6) is 0 Å². The van der Waals surface area contributed by atoms with E-state index in [-0.39, 0.29) is 36.4 Å². The zero-order valence-corrected chi connectivity index (χ0v) is 18.5. The minimum Gasteiger partial charge on any atom is -0.382 e. The lowest BCUT2D eigenvalue weighted by atomic mass is 9.93. The van der Waals surface area contributed by atoms with Crippen molar-refractivity contribution in [2.24, 2.45) is 7.05 Å². The highest BCUT2D eigenvalue weighted by Gasteiger charge is 2.36. The van der Waals surface area contributed by atoms with Crippen LogP contribution in [0.1, 0.15) is 31.2 Å². The zero-order chi connectivity index (χ0) is 23.1. The Morgan fingerprint density at radius 2 is 1.94 bits per heavy atom. The first-order valence-electron chi connectivity index (χ1n) is 10.2. The molecule has 0 amide bonds. The summed E-state index contributed by atoms with van der Waals surface area (Å²) in [4.78, 5) is 8.86. The summed E-state index contributed by atoms with van der Waals surface area (Å²) < 4.78 is 56.9. The molecule has 0 unspecified atom stereocenters. The number of hydrogen-bond acceptors (Lipinski definition) is 6. The number of aromatic nitrogens is 4. The number of halogens is 2. The standard InChI is InChI=1S/C21H24F2N6O2S/c1-13-3-4-16(32(30,31)28-15-5-7-21(22,23)8-6-15)9-17(13)18-11-25-20(24)19(27-18)14-10-26-29(2)12-14/h3-4,9-12,15,28H,5-8H2,1-2H3,(H2,24,25). The Kier molecular flexibility index (Phi) is 5.72. The Morgan fingerprint density at radius 3 is 2.59 bits per heavy atom. The lowest BCUT2D eigenvalue weighted by molar-refractivity contribution is -0.0387. The van der Waals surface area contributed by atoms with Crippen LogP contribution >= 0.6 is 0 Å². The van der Waals surface area contributed by atoms with Crippen LogP contribution in [-0.2, 0) is 17.1 Å². The summed E-state index contributed by atoms with van der Waals surface area (Å²) in [5.74, 6) is -2.49. The second-order valence-corrected chi connectivity index (χ2v) is 9.83. The van der Waals surface area contributed by atoms with Crippen LogP contribution in [-0.4, -0.2) is 40.1 Å². The molecule has 4 rings (SSSR count). The van der Waals surface area contributed by atoms with Crippen molar-refractivity contribution in [2.45, 2.75) is 49.5 Å². The van der Waals surface area contributed by atoms with E-state index in [0.717, 1.165) is 5.56 Å². The van der Waals surface area contributed by atoms with Gasteiger partial charge in [0.15, 0.2) is 0 Å². The van der Waals surface area contributed by atoms with Gasteiger partial charge in [-0.15, -0.1) is 0 Å². The fraction of sp³-hybridized carbons (Fsp3) is 0.381. The fourth-order valence-corrected chi connectivity index (χ4v) is 5.10. The first kappa shape index (κ1) is 22.3. The van der Waals surface area contributed by atoms with E-state index in [9.17, 15) is 17.2 Å². The second kappa shape index (κ2) is 8.21. The molecular weight excluding hydrogens is 438 g/mol. The first-order valence-corrected chi connectivity index (χ1v) is 11.7. The monoisotopic (exact) mass is 462 g/mol. The average molecular weight is 463 g/mol. The van der Waals surface area contributed by atoms with Gasteiger partial charge >= 0.3 is 0 Å². The van der Waals surface area contributed by atoms with Gasteiger partial charge in [0.25, 0.3) is 0 Å². The summed E-state index contributed by atoms with van der Waals surface area (Å²) in [6.07, 6.45) is 4.43. The molecule has 8 nitrogen and oxygen atoms in total. The number of nitrogens with one attached hydrogen (secondary N) is 1. The molecule has 0 spiro atoms. The van der Waals surface area contributed by atoms with E-state index in [1.54, 1.807) is 30.2 Å². The minimum atomic E-state index is -3.89. The van der Waals surface area contributed by atoms with Gasteiger partial charge in [0.1, 0.15) is 11.5 Å². The first-order chi connectivity index (χ1) is 15.0. The normalized spacial score (nSPS) is 16.9. The van der Waals surface area contributed by atoms with E-state index in [1.807, 2.05) is 6.92 Å². The van der Waals surface area contributed by atoms with E-state index in [0.29, 0.717) is 22.5 Å². The Balaban J connectivity index is 1.65. The van der Waals surface area contributed by atoms with Crippen LogP contribution in [0.4, 0.5) is 14.6 Å². The van der Waals surface area contributed by atoms with Crippen LogP contribution in [0.25, 0.3) is 22.5 Å². The lowest BCUT2D eigenvalue weighted by Crippen LogP contribution is -2.40. The Labute approximate surface area is 184 Å². The van der Waals surface area contributed by atoms with Crippen molar-refractivity contribution in [3.63, 3.8) is 0 Å². The summed E-state index contributed by atoms with van der Waals surface area (Å²) >= 11 is 0. The molecule has 0 saturated heterocycles. The summed E-state index contributed by atoms with van der Waals surface area (Å²) in [7, 11) is -2.12. The number of nitrogens with two attached hydrogens (primary N) is 1. The fourth-order valence-electron chi connectivity index (χ4n) is 3.77. The van der Waals surface area contributed by atoms with Crippen molar-refractivity contribution in [1.82, 2.24) is 24.5 Å². The van der Waals surface area contributed by atoms with Crippen molar-refractivity contribution >= 4 is 15.8 Å². The van der Waals surface area contributed by atoms with Crippen LogP contribution in [0, 0.1) is 6.92 Å². The number of anilines is 1. The van der Waals surface area contributed by atoms with Crippen molar-refractivity contribution in [2.75, 3.05) is 5.73 Å². The van der Waals surface area contributed by atoms with Gasteiger partial charge in [-0.2, -0.15) is 5.10 Å². The number of rotatable bonds is 5. The quantitative estimate of drug-likeness (QED) is 0.601. The van der Waals surface area contributed by atoms with E-state index >= 15 is 0 Å². The number of aryl methyl sites for hydroxylation is 2. The number of benzene rings is 1. The highest BCUT2D eigenvalue weighted by molar-refractivity contribution is 7.89. The van der Waals surface area contributed by atoms with Crippen LogP contribution in [0.15, 0.2) is 41.7 Å². The maximum atomic E-state index is 13.4. The van der Waals surface area contributed by atoms with Gasteiger partial charge in [0, 0.05) is 43.3 Å². The Bertz CT molecular complexity index is 1250. The van der Waals surface area contributed by atoms with E-state index < -0.39 is 22.0 Å². The zero-order valence-electron chi connectivity index (χ0n) is 17.7. The number of sulfonamides is 1. The van der Waals surface area contributed by atoms with Crippen molar-refractivity contribution in [1.29, 1.82) is 0 Å². The summed E-state index contributed by atoms with van der Waals surface area (Å²) in [5.41, 5.74) is 8.99. The number of nitrogens with zero attached hydrogens (tertiary/aromatic N) is 4. The van der Waals surface area contributed by atoms with E-state index in [4.69, 9.17) is 5.73 Å². The van der Waals surface area contributed by atoms with Gasteiger partial charge in [-0.1, -0.05) is 6.07 Å². The molecule has 32 heavy (non-hydrogen) atoms. The minimum absolute atomic E-state index is 0.0389. The SMILES string of the molecule is Cc1ccc(S(=O)(=O)NC2CCC(F)(F)CC2)cc1-c1cnc(N)c(-c2cnn(C)c2)n1. The van der Waals surface area contributed by atoms with Crippen molar-refractivity contribution in [3.05, 3.63) is 42.4 Å². The molecule has 3 aromatic rings.